The van der Waals surface area contributed by atoms with Crippen LogP contribution in [-0.4, -0.2) is 58.0 Å². The molecule has 4 rings (SSSR count). The van der Waals surface area contributed by atoms with Gasteiger partial charge in [-0.25, -0.2) is 4.98 Å². The van der Waals surface area contributed by atoms with Gasteiger partial charge >= 0.3 is 0 Å². The summed E-state index contributed by atoms with van der Waals surface area (Å²) < 4.78 is 2.30. The lowest BCUT2D eigenvalue weighted by atomic mass is 10.1. The summed E-state index contributed by atoms with van der Waals surface area (Å²) in [4.78, 5) is 24.6. The summed E-state index contributed by atoms with van der Waals surface area (Å²) in [5.74, 6) is 2.19. The van der Waals surface area contributed by atoms with Crippen molar-refractivity contribution >= 4 is 34.2 Å². The minimum atomic E-state index is 0.141. The highest BCUT2D eigenvalue weighted by molar-refractivity contribution is 7.09. The number of nitrogens with zero attached hydrogens (tertiary/aromatic N) is 4. The van der Waals surface area contributed by atoms with Gasteiger partial charge in [-0.3, -0.25) is 4.79 Å². The van der Waals surface area contributed by atoms with Crippen LogP contribution in [0.25, 0.3) is 11.0 Å². The maximum absolute atomic E-state index is 13.7. The first-order chi connectivity index (χ1) is 18.4. The number of carbonyl (C=O) groups is 1. The molecule has 3 aromatic rings. The number of amides is 1. The number of carbonyl (C=O) groups excluding carboxylic acids is 1. The highest BCUT2D eigenvalue weighted by Crippen LogP contribution is 2.24. The summed E-state index contributed by atoms with van der Waals surface area (Å²) in [6.07, 6.45) is 7.12. The predicted octanol–water partition coefficient (Wildman–Crippen LogP) is 7.12. The van der Waals surface area contributed by atoms with Gasteiger partial charge in [0.15, 0.2) is 0 Å². The number of hydrogen-bond acceptors (Lipinski definition) is 5. The van der Waals surface area contributed by atoms with Gasteiger partial charge in [-0.1, -0.05) is 40.2 Å². The molecule has 208 valence electrons. The van der Waals surface area contributed by atoms with E-state index < -0.39 is 0 Å². The Balaban J connectivity index is 1.56. The number of piperidine rings is 1. The van der Waals surface area contributed by atoms with Crippen LogP contribution in [0, 0.1) is 11.8 Å². The molecule has 7 heteroatoms. The van der Waals surface area contributed by atoms with Gasteiger partial charge in [0.1, 0.15) is 0 Å². The molecule has 0 bridgehead atoms. The molecule has 0 atom stereocenters. The lowest BCUT2D eigenvalue weighted by Gasteiger charge is -2.26. The van der Waals surface area contributed by atoms with E-state index in [4.69, 9.17) is 4.98 Å². The van der Waals surface area contributed by atoms with Crippen molar-refractivity contribution in [2.45, 2.75) is 79.3 Å². The van der Waals surface area contributed by atoms with E-state index in [0.717, 1.165) is 74.5 Å². The minimum Gasteiger partial charge on any atom is -0.351 e. The molecular weight excluding hydrogens is 490 g/mol. The van der Waals surface area contributed by atoms with Crippen molar-refractivity contribution in [3.8, 4) is 0 Å². The van der Waals surface area contributed by atoms with Crippen molar-refractivity contribution in [2.75, 3.05) is 38.0 Å². The first-order valence-electron chi connectivity index (χ1n) is 14.7. The second kappa shape index (κ2) is 14.1. The van der Waals surface area contributed by atoms with Crippen molar-refractivity contribution in [1.82, 2.24) is 19.4 Å². The number of fused-ring (bicyclic) bond motifs is 1. The van der Waals surface area contributed by atoms with Crippen LogP contribution in [0.2, 0.25) is 0 Å². The molecule has 1 fully saturated rings. The molecule has 0 saturated carbocycles. The Bertz CT molecular complexity index is 1120. The average Bonchev–Trinajstić information content (AvgIpc) is 3.55. The smallest absolute Gasteiger partial charge is 0.253 e. The lowest BCUT2D eigenvalue weighted by Crippen LogP contribution is -2.34. The number of imidazole rings is 1. The summed E-state index contributed by atoms with van der Waals surface area (Å²) in [6, 6.07) is 10.3. The molecular formula is C31H47N5OS. The van der Waals surface area contributed by atoms with Crippen LogP contribution in [0.1, 0.15) is 81.5 Å². The Morgan fingerprint density at radius 3 is 2.42 bits per heavy atom. The zero-order chi connectivity index (χ0) is 26.9. The van der Waals surface area contributed by atoms with Crippen molar-refractivity contribution in [1.29, 1.82) is 0 Å². The Morgan fingerprint density at radius 2 is 1.76 bits per heavy atom. The summed E-state index contributed by atoms with van der Waals surface area (Å²) in [5, 5.41) is 5.70. The summed E-state index contributed by atoms with van der Waals surface area (Å²) in [7, 11) is 0. The maximum atomic E-state index is 13.7. The highest BCUT2D eigenvalue weighted by Gasteiger charge is 2.20. The van der Waals surface area contributed by atoms with Gasteiger partial charge in [-0.15, -0.1) is 11.3 Å². The lowest BCUT2D eigenvalue weighted by molar-refractivity contribution is 0.0741. The molecule has 1 N–H and O–H groups in total. The summed E-state index contributed by atoms with van der Waals surface area (Å²) >= 11 is 1.76. The Labute approximate surface area is 233 Å². The maximum Gasteiger partial charge on any atom is 0.253 e. The van der Waals surface area contributed by atoms with Gasteiger partial charge in [-0.2, -0.15) is 0 Å². The number of aryl methyl sites for hydroxylation is 1. The van der Waals surface area contributed by atoms with Crippen LogP contribution < -0.4 is 5.32 Å². The van der Waals surface area contributed by atoms with E-state index in [1.54, 1.807) is 11.3 Å². The van der Waals surface area contributed by atoms with Crippen LogP contribution in [0.4, 0.5) is 5.95 Å². The first kappa shape index (κ1) is 28.6. The van der Waals surface area contributed by atoms with E-state index in [-0.39, 0.29) is 5.91 Å². The topological polar surface area (TPSA) is 53.4 Å². The van der Waals surface area contributed by atoms with Gasteiger partial charge in [0.25, 0.3) is 5.91 Å². The van der Waals surface area contributed by atoms with Crippen molar-refractivity contribution in [3.63, 3.8) is 0 Å². The molecule has 1 aliphatic rings. The molecule has 1 aromatic carbocycles. The Morgan fingerprint density at radius 1 is 1.03 bits per heavy atom. The van der Waals surface area contributed by atoms with Crippen LogP contribution in [-0.2, 0) is 13.1 Å². The molecule has 1 aliphatic heterocycles. The second-order valence-electron chi connectivity index (χ2n) is 11.6. The Kier molecular flexibility index (Phi) is 10.6. The van der Waals surface area contributed by atoms with E-state index in [0.29, 0.717) is 11.8 Å². The zero-order valence-corrected chi connectivity index (χ0v) is 24.7. The van der Waals surface area contributed by atoms with E-state index in [2.05, 4.69) is 71.0 Å². The molecule has 0 unspecified atom stereocenters. The quantitative estimate of drug-likeness (QED) is 0.238. The molecule has 0 spiro atoms. The average molecular weight is 538 g/mol. The van der Waals surface area contributed by atoms with Crippen LogP contribution >= 0.6 is 11.3 Å². The largest absolute Gasteiger partial charge is 0.351 e. The fourth-order valence-electron chi connectivity index (χ4n) is 5.16. The number of likely N-dealkylation sites (tertiary alicyclic amines) is 1. The number of rotatable bonds is 14. The van der Waals surface area contributed by atoms with E-state index in [1.165, 1.54) is 37.2 Å². The fraction of sp³-hybridized carbons (Fsp3) is 0.613. The standard InChI is InChI=1S/C31H47N5OS/c1-24(2)13-19-35(20-14-25(3)4)30(37)26-11-12-28-29(22-26)36(18-9-17-34-15-6-5-7-16-34)31(33-28)32-23-27-10-8-21-38-27/h8,10-12,21-22,24-25H,5-7,9,13-20,23H2,1-4H3,(H,32,33). The monoisotopic (exact) mass is 537 g/mol. The van der Waals surface area contributed by atoms with Gasteiger partial charge in [-0.05, 0) is 93.2 Å². The number of benzene rings is 1. The predicted molar refractivity (Wildman–Crippen MR) is 161 cm³/mol. The van der Waals surface area contributed by atoms with Crippen LogP contribution in [0.5, 0.6) is 0 Å². The second-order valence-corrected chi connectivity index (χ2v) is 12.7. The first-order valence-corrected chi connectivity index (χ1v) is 15.6. The molecule has 1 saturated heterocycles. The van der Waals surface area contributed by atoms with Crippen molar-refractivity contribution < 1.29 is 4.79 Å². The third kappa shape index (κ3) is 8.06. The fourth-order valence-corrected chi connectivity index (χ4v) is 5.80. The number of aromatic nitrogens is 2. The molecule has 38 heavy (non-hydrogen) atoms. The van der Waals surface area contributed by atoms with E-state index in [1.807, 2.05) is 12.1 Å². The molecule has 2 aromatic heterocycles. The van der Waals surface area contributed by atoms with Gasteiger partial charge < -0.3 is 19.7 Å². The third-order valence-electron chi connectivity index (χ3n) is 7.54. The molecule has 0 radical (unpaired) electrons. The van der Waals surface area contributed by atoms with Gasteiger partial charge in [0, 0.05) is 30.1 Å². The van der Waals surface area contributed by atoms with E-state index >= 15 is 0 Å². The van der Waals surface area contributed by atoms with Gasteiger partial charge in [0.05, 0.1) is 17.6 Å². The molecule has 6 nitrogen and oxygen atoms in total. The van der Waals surface area contributed by atoms with Crippen molar-refractivity contribution in [3.05, 3.63) is 46.2 Å². The number of nitrogens with one attached hydrogen (secondary N) is 1. The molecule has 3 heterocycles. The number of hydrogen-bond donors (Lipinski definition) is 1. The van der Waals surface area contributed by atoms with Crippen LogP contribution in [0.15, 0.2) is 35.7 Å². The normalized spacial score (nSPS) is 14.6. The summed E-state index contributed by atoms with van der Waals surface area (Å²) in [6.45, 7) is 15.7. The van der Waals surface area contributed by atoms with Gasteiger partial charge in [0.2, 0.25) is 5.95 Å². The summed E-state index contributed by atoms with van der Waals surface area (Å²) in [5.41, 5.74) is 2.77. The van der Waals surface area contributed by atoms with Crippen LogP contribution in [0.3, 0.4) is 0 Å². The minimum absolute atomic E-state index is 0.141. The molecule has 0 aliphatic carbocycles. The highest BCUT2D eigenvalue weighted by atomic mass is 32.1. The SMILES string of the molecule is CC(C)CCN(CCC(C)C)C(=O)c1ccc2nc(NCc3cccs3)n(CCCN3CCCCC3)c2c1. The zero-order valence-electron chi connectivity index (χ0n) is 23.9. The third-order valence-corrected chi connectivity index (χ3v) is 8.42. The van der Waals surface area contributed by atoms with E-state index in [9.17, 15) is 4.79 Å². The number of thiophene rings is 1. The van der Waals surface area contributed by atoms with Crippen molar-refractivity contribution in [2.24, 2.45) is 11.8 Å². The number of anilines is 1. The Hall–Kier alpha value is -2.38. The molecule has 1 amide bonds.